The van der Waals surface area contributed by atoms with Gasteiger partial charge in [0, 0.05) is 12.4 Å². The maximum atomic E-state index is 12.4. The first-order valence-electron chi connectivity index (χ1n) is 7.84. The number of rotatable bonds is 4. The van der Waals surface area contributed by atoms with Gasteiger partial charge < -0.3 is 0 Å². The van der Waals surface area contributed by atoms with Crippen LogP contribution in [-0.4, -0.2) is 39.4 Å². The lowest BCUT2D eigenvalue weighted by Crippen LogP contribution is -2.47. The molecule has 0 radical (unpaired) electrons. The van der Waals surface area contributed by atoms with Crippen molar-refractivity contribution in [1.82, 2.24) is 20.7 Å². The Labute approximate surface area is 158 Å². The van der Waals surface area contributed by atoms with Gasteiger partial charge in [0.05, 0.1) is 10.5 Å². The molecule has 0 saturated carbocycles. The zero-order valence-electron chi connectivity index (χ0n) is 13.9. The van der Waals surface area contributed by atoms with E-state index >= 15 is 0 Å². The van der Waals surface area contributed by atoms with E-state index in [1.54, 1.807) is 24.3 Å². The van der Waals surface area contributed by atoms with E-state index in [1.165, 1.54) is 18.5 Å². The lowest BCUT2D eigenvalue weighted by Gasteiger charge is -2.12. The Hall–Kier alpha value is -3.46. The smallest absolute Gasteiger partial charge is 0.271 e. The second kappa shape index (κ2) is 8.28. The molecule has 9 heteroatoms. The van der Waals surface area contributed by atoms with Crippen LogP contribution in [0.3, 0.4) is 0 Å². The Morgan fingerprint density at radius 3 is 2.56 bits per heavy atom. The predicted octanol–water partition coefficient (Wildman–Crippen LogP) is 1.58. The summed E-state index contributed by atoms with van der Waals surface area (Å²) in [4.78, 5) is 53.1. The first kappa shape index (κ1) is 18.3. The number of aromatic nitrogens is 1. The highest BCUT2D eigenvalue weighted by atomic mass is 32.2. The minimum absolute atomic E-state index is 0.235. The zero-order valence-corrected chi connectivity index (χ0v) is 14.7. The van der Waals surface area contributed by atoms with E-state index in [9.17, 15) is 19.2 Å². The number of carbonyl (C=O) groups is 4. The Kier molecular flexibility index (Phi) is 5.62. The van der Waals surface area contributed by atoms with Crippen molar-refractivity contribution in [2.24, 2.45) is 0 Å². The van der Waals surface area contributed by atoms with Crippen LogP contribution in [0.25, 0.3) is 6.08 Å². The predicted molar refractivity (Wildman–Crippen MR) is 99.0 cm³/mol. The Morgan fingerprint density at radius 2 is 1.85 bits per heavy atom. The van der Waals surface area contributed by atoms with E-state index in [2.05, 4.69) is 15.8 Å². The van der Waals surface area contributed by atoms with E-state index in [0.29, 0.717) is 0 Å². The summed E-state index contributed by atoms with van der Waals surface area (Å²) in [6.45, 7) is -0.496. The fraction of sp³-hybridized carbons (Fsp3) is 0.0556. The van der Waals surface area contributed by atoms with Gasteiger partial charge in [-0.2, -0.15) is 0 Å². The van der Waals surface area contributed by atoms with Gasteiger partial charge in [-0.05, 0) is 35.5 Å². The highest BCUT2D eigenvalue weighted by molar-refractivity contribution is 8.18. The monoisotopic (exact) mass is 382 g/mol. The first-order valence-corrected chi connectivity index (χ1v) is 8.66. The van der Waals surface area contributed by atoms with Crippen molar-refractivity contribution in [3.8, 4) is 0 Å². The highest BCUT2D eigenvalue weighted by Crippen LogP contribution is 2.31. The first-order chi connectivity index (χ1) is 13.0. The summed E-state index contributed by atoms with van der Waals surface area (Å²) >= 11 is 0.763. The Morgan fingerprint density at radius 1 is 1.07 bits per heavy atom. The second-order valence-corrected chi connectivity index (χ2v) is 6.42. The third kappa shape index (κ3) is 4.59. The van der Waals surface area contributed by atoms with Crippen molar-refractivity contribution in [2.75, 3.05) is 6.54 Å². The van der Waals surface area contributed by atoms with Gasteiger partial charge >= 0.3 is 0 Å². The molecule has 1 aromatic carbocycles. The van der Waals surface area contributed by atoms with Crippen LogP contribution in [0.15, 0.2) is 59.8 Å². The SMILES string of the molecule is O=C(CN1C(=O)S/C(=C/c2ccccc2)C1=O)NNC(=O)c1cccnc1. The summed E-state index contributed by atoms with van der Waals surface area (Å²) in [6.07, 6.45) is 4.44. The van der Waals surface area contributed by atoms with E-state index in [4.69, 9.17) is 0 Å². The molecular formula is C18H14N4O4S. The molecule has 136 valence electrons. The van der Waals surface area contributed by atoms with Crippen LogP contribution in [0.4, 0.5) is 4.79 Å². The number of hydrazine groups is 1. The molecular weight excluding hydrogens is 368 g/mol. The number of hydrogen-bond donors (Lipinski definition) is 2. The van der Waals surface area contributed by atoms with Gasteiger partial charge in [-0.25, -0.2) is 0 Å². The average Bonchev–Trinajstić information content (AvgIpc) is 2.95. The fourth-order valence-electron chi connectivity index (χ4n) is 2.22. The molecule has 2 N–H and O–H groups in total. The van der Waals surface area contributed by atoms with Gasteiger partial charge in [-0.1, -0.05) is 30.3 Å². The molecule has 1 aromatic heterocycles. The van der Waals surface area contributed by atoms with Crippen molar-refractivity contribution < 1.29 is 19.2 Å². The molecule has 0 atom stereocenters. The number of thioether (sulfide) groups is 1. The van der Waals surface area contributed by atoms with E-state index < -0.39 is 29.5 Å². The number of nitrogens with one attached hydrogen (secondary N) is 2. The topological polar surface area (TPSA) is 108 Å². The number of pyridine rings is 1. The van der Waals surface area contributed by atoms with Crippen LogP contribution in [0.1, 0.15) is 15.9 Å². The fourth-order valence-corrected chi connectivity index (χ4v) is 3.05. The zero-order chi connectivity index (χ0) is 19.2. The molecule has 1 aliphatic rings. The molecule has 1 aliphatic heterocycles. The lowest BCUT2D eigenvalue weighted by atomic mass is 10.2. The number of hydrogen-bond acceptors (Lipinski definition) is 6. The van der Waals surface area contributed by atoms with Gasteiger partial charge in [0.15, 0.2) is 0 Å². The highest BCUT2D eigenvalue weighted by Gasteiger charge is 2.36. The van der Waals surface area contributed by atoms with Crippen LogP contribution >= 0.6 is 11.8 Å². The summed E-state index contributed by atoms with van der Waals surface area (Å²) in [6, 6.07) is 12.2. The van der Waals surface area contributed by atoms with Gasteiger partial charge in [0.25, 0.3) is 23.0 Å². The van der Waals surface area contributed by atoms with E-state index in [0.717, 1.165) is 22.2 Å². The largest absolute Gasteiger partial charge is 0.294 e. The van der Waals surface area contributed by atoms with Crippen molar-refractivity contribution in [3.63, 3.8) is 0 Å². The Bertz CT molecular complexity index is 915. The van der Waals surface area contributed by atoms with Gasteiger partial charge in [-0.3, -0.25) is 39.9 Å². The van der Waals surface area contributed by atoms with Crippen molar-refractivity contribution in [2.45, 2.75) is 0 Å². The average molecular weight is 382 g/mol. The number of imide groups is 1. The molecule has 1 fully saturated rings. The maximum absolute atomic E-state index is 12.4. The van der Waals surface area contributed by atoms with E-state index in [-0.39, 0.29) is 10.5 Å². The molecule has 8 nitrogen and oxygen atoms in total. The van der Waals surface area contributed by atoms with Crippen LogP contribution in [0, 0.1) is 0 Å². The molecule has 0 bridgehead atoms. The lowest BCUT2D eigenvalue weighted by molar-refractivity contribution is -0.129. The molecule has 3 rings (SSSR count). The molecule has 0 unspecified atom stereocenters. The van der Waals surface area contributed by atoms with Crippen LogP contribution in [0.2, 0.25) is 0 Å². The normalized spacial score (nSPS) is 15.1. The summed E-state index contributed by atoms with van der Waals surface area (Å²) in [5.74, 6) is -1.81. The van der Waals surface area contributed by atoms with Crippen molar-refractivity contribution in [1.29, 1.82) is 0 Å². The third-order valence-corrected chi connectivity index (χ3v) is 4.42. The third-order valence-electron chi connectivity index (χ3n) is 3.51. The number of nitrogens with zero attached hydrogens (tertiary/aromatic N) is 2. The van der Waals surface area contributed by atoms with Gasteiger partial charge in [0.2, 0.25) is 0 Å². The van der Waals surface area contributed by atoms with Gasteiger partial charge in [-0.15, -0.1) is 0 Å². The molecule has 2 heterocycles. The molecule has 1 saturated heterocycles. The van der Waals surface area contributed by atoms with Crippen LogP contribution < -0.4 is 10.9 Å². The minimum atomic E-state index is -0.699. The summed E-state index contributed by atoms with van der Waals surface area (Å²) in [7, 11) is 0. The molecule has 27 heavy (non-hydrogen) atoms. The summed E-state index contributed by atoms with van der Waals surface area (Å²) in [5, 5.41) is -0.545. The van der Waals surface area contributed by atoms with Gasteiger partial charge in [0.1, 0.15) is 6.54 Å². The standard InChI is InChI=1S/C18H14N4O4S/c23-15(20-21-16(24)13-7-4-8-19-10-13)11-22-17(25)14(27-18(22)26)9-12-5-2-1-3-6-12/h1-10H,11H2,(H,20,23)(H,21,24)/b14-9+. The van der Waals surface area contributed by atoms with Crippen LogP contribution in [-0.2, 0) is 9.59 Å². The van der Waals surface area contributed by atoms with Crippen molar-refractivity contribution >= 4 is 40.8 Å². The summed E-state index contributed by atoms with van der Waals surface area (Å²) in [5.41, 5.74) is 5.41. The maximum Gasteiger partial charge on any atom is 0.294 e. The molecule has 4 amide bonds. The van der Waals surface area contributed by atoms with E-state index in [1.807, 2.05) is 18.2 Å². The second-order valence-electron chi connectivity index (χ2n) is 5.42. The minimum Gasteiger partial charge on any atom is -0.271 e. The summed E-state index contributed by atoms with van der Waals surface area (Å²) < 4.78 is 0. The quantitative estimate of drug-likeness (QED) is 0.614. The molecule has 0 aliphatic carbocycles. The molecule has 0 spiro atoms. The number of benzene rings is 1. The number of carbonyl (C=O) groups excluding carboxylic acids is 4. The number of amides is 4. The molecule has 2 aromatic rings. The Balaban J connectivity index is 1.58. The van der Waals surface area contributed by atoms with Crippen molar-refractivity contribution in [3.05, 3.63) is 70.9 Å². The van der Waals surface area contributed by atoms with Crippen LogP contribution in [0.5, 0.6) is 0 Å².